The zero-order valence-corrected chi connectivity index (χ0v) is 12.5. The molecule has 0 radical (unpaired) electrons. The molecule has 1 unspecified atom stereocenters. The lowest BCUT2D eigenvalue weighted by Gasteiger charge is -2.13. The molecule has 0 bridgehead atoms. The second kappa shape index (κ2) is 9.32. The summed E-state index contributed by atoms with van der Waals surface area (Å²) in [5.74, 6) is 0.0190. The third-order valence-electron chi connectivity index (χ3n) is 2.99. The summed E-state index contributed by atoms with van der Waals surface area (Å²) < 4.78 is 26.3. The Kier molecular flexibility index (Phi) is 8.07. The Morgan fingerprint density at radius 2 is 2.05 bits per heavy atom. The van der Waals surface area contributed by atoms with Gasteiger partial charge < -0.3 is 5.32 Å². The van der Waals surface area contributed by atoms with Gasteiger partial charge in [0.2, 0.25) is 0 Å². The van der Waals surface area contributed by atoms with Crippen LogP contribution in [0.5, 0.6) is 0 Å². The molecule has 0 fully saturated rings. The minimum atomic E-state index is -0.384. The SMILES string of the molecule is CCCCCC(C)NCCSc1cc(F)ccc1F. The number of nitrogens with one attached hydrogen (secondary N) is 1. The van der Waals surface area contributed by atoms with E-state index in [4.69, 9.17) is 0 Å². The van der Waals surface area contributed by atoms with Crippen molar-refractivity contribution in [2.45, 2.75) is 50.5 Å². The fourth-order valence-corrected chi connectivity index (χ4v) is 2.70. The molecule has 1 aromatic carbocycles. The van der Waals surface area contributed by atoms with Gasteiger partial charge in [0.05, 0.1) is 0 Å². The predicted octanol–water partition coefficient (Wildman–Crippen LogP) is 4.62. The summed E-state index contributed by atoms with van der Waals surface area (Å²) >= 11 is 1.35. The number of thioether (sulfide) groups is 1. The van der Waals surface area contributed by atoms with Gasteiger partial charge in [-0.25, -0.2) is 8.78 Å². The molecule has 0 aromatic heterocycles. The van der Waals surface area contributed by atoms with E-state index in [1.165, 1.54) is 49.6 Å². The second-order valence-corrected chi connectivity index (χ2v) is 5.91. The molecule has 108 valence electrons. The van der Waals surface area contributed by atoms with Gasteiger partial charge in [0.1, 0.15) is 11.6 Å². The van der Waals surface area contributed by atoms with E-state index >= 15 is 0 Å². The number of rotatable bonds is 9. The minimum Gasteiger partial charge on any atom is -0.313 e. The maximum atomic E-state index is 13.4. The minimum absolute atomic E-state index is 0.345. The summed E-state index contributed by atoms with van der Waals surface area (Å²) in [7, 11) is 0. The van der Waals surface area contributed by atoms with Gasteiger partial charge in [0.15, 0.2) is 0 Å². The summed E-state index contributed by atoms with van der Waals surface area (Å²) in [6.45, 7) is 5.18. The van der Waals surface area contributed by atoms with Gasteiger partial charge in [-0.1, -0.05) is 26.2 Å². The van der Waals surface area contributed by atoms with Crippen LogP contribution in [0.2, 0.25) is 0 Å². The average molecular weight is 287 g/mol. The Bertz CT molecular complexity index is 371. The van der Waals surface area contributed by atoms with Gasteiger partial charge >= 0.3 is 0 Å². The molecule has 19 heavy (non-hydrogen) atoms. The molecule has 4 heteroatoms. The molecule has 0 saturated heterocycles. The van der Waals surface area contributed by atoms with Crippen molar-refractivity contribution in [1.29, 1.82) is 0 Å². The number of hydrogen-bond acceptors (Lipinski definition) is 2. The Morgan fingerprint density at radius 3 is 2.79 bits per heavy atom. The lowest BCUT2D eigenvalue weighted by atomic mass is 10.1. The van der Waals surface area contributed by atoms with Crippen LogP contribution in [0.3, 0.4) is 0 Å². The largest absolute Gasteiger partial charge is 0.313 e. The van der Waals surface area contributed by atoms with Crippen molar-refractivity contribution in [1.82, 2.24) is 5.32 Å². The van der Waals surface area contributed by atoms with Crippen LogP contribution in [0.25, 0.3) is 0 Å². The number of hydrogen-bond donors (Lipinski definition) is 1. The summed E-state index contributed by atoms with van der Waals surface area (Å²) in [4.78, 5) is 0.389. The van der Waals surface area contributed by atoms with E-state index in [9.17, 15) is 8.78 Å². The molecule has 0 aliphatic heterocycles. The van der Waals surface area contributed by atoms with Gasteiger partial charge in [0.25, 0.3) is 0 Å². The quantitative estimate of drug-likeness (QED) is 0.525. The highest BCUT2D eigenvalue weighted by Gasteiger charge is 2.05. The lowest BCUT2D eigenvalue weighted by Crippen LogP contribution is -2.28. The fraction of sp³-hybridized carbons (Fsp3) is 0.600. The van der Waals surface area contributed by atoms with Crippen LogP contribution >= 0.6 is 11.8 Å². The van der Waals surface area contributed by atoms with Crippen molar-refractivity contribution in [2.24, 2.45) is 0 Å². The van der Waals surface area contributed by atoms with E-state index in [0.717, 1.165) is 18.4 Å². The van der Waals surface area contributed by atoms with Gasteiger partial charge in [-0.15, -0.1) is 11.8 Å². The molecule has 1 rings (SSSR count). The van der Waals surface area contributed by atoms with E-state index in [0.29, 0.717) is 10.9 Å². The van der Waals surface area contributed by atoms with E-state index in [1.807, 2.05) is 0 Å². The van der Waals surface area contributed by atoms with Crippen molar-refractivity contribution in [2.75, 3.05) is 12.3 Å². The molecule has 0 aliphatic carbocycles. The maximum Gasteiger partial charge on any atom is 0.136 e. The van der Waals surface area contributed by atoms with Crippen LogP contribution in [-0.2, 0) is 0 Å². The molecule has 1 aromatic rings. The first-order chi connectivity index (χ1) is 9.13. The van der Waals surface area contributed by atoms with Crippen LogP contribution in [0.15, 0.2) is 23.1 Å². The molecular formula is C15H23F2NS. The molecule has 0 aliphatic rings. The van der Waals surface area contributed by atoms with Crippen molar-refractivity contribution in [3.05, 3.63) is 29.8 Å². The van der Waals surface area contributed by atoms with Crippen LogP contribution in [-0.4, -0.2) is 18.3 Å². The highest BCUT2D eigenvalue weighted by atomic mass is 32.2. The molecule has 0 spiro atoms. The summed E-state index contributed by atoms with van der Waals surface area (Å²) in [5, 5.41) is 3.41. The molecule has 0 amide bonds. The third-order valence-corrected chi connectivity index (χ3v) is 4.02. The Labute approximate surface area is 119 Å². The molecule has 1 N–H and O–H groups in total. The topological polar surface area (TPSA) is 12.0 Å². The number of benzene rings is 1. The molecule has 0 saturated carbocycles. The van der Waals surface area contributed by atoms with Gasteiger partial charge in [-0.2, -0.15) is 0 Å². The third kappa shape index (κ3) is 6.92. The van der Waals surface area contributed by atoms with Crippen LogP contribution < -0.4 is 5.32 Å². The Hall–Kier alpha value is -0.610. The normalized spacial score (nSPS) is 12.6. The Morgan fingerprint density at radius 1 is 1.26 bits per heavy atom. The lowest BCUT2D eigenvalue weighted by molar-refractivity contribution is 0.502. The zero-order chi connectivity index (χ0) is 14.1. The smallest absolute Gasteiger partial charge is 0.136 e. The van der Waals surface area contributed by atoms with E-state index in [-0.39, 0.29) is 11.6 Å². The van der Waals surface area contributed by atoms with Gasteiger partial charge in [-0.3, -0.25) is 0 Å². The number of unbranched alkanes of at least 4 members (excludes halogenated alkanes) is 2. The molecule has 0 heterocycles. The average Bonchev–Trinajstić information content (AvgIpc) is 2.39. The summed E-state index contributed by atoms with van der Waals surface area (Å²) in [6, 6.07) is 4.07. The van der Waals surface area contributed by atoms with E-state index in [1.54, 1.807) is 0 Å². The van der Waals surface area contributed by atoms with E-state index in [2.05, 4.69) is 19.2 Å². The van der Waals surface area contributed by atoms with Crippen molar-refractivity contribution < 1.29 is 8.78 Å². The Balaban J connectivity index is 2.18. The first-order valence-electron chi connectivity index (χ1n) is 6.94. The zero-order valence-electron chi connectivity index (χ0n) is 11.7. The molecule has 1 atom stereocenters. The highest BCUT2D eigenvalue weighted by molar-refractivity contribution is 7.99. The predicted molar refractivity (Wildman–Crippen MR) is 78.7 cm³/mol. The standard InChI is InChI=1S/C15H23F2NS/c1-3-4-5-6-12(2)18-9-10-19-15-11-13(16)7-8-14(15)17/h7-8,11-12,18H,3-6,9-10H2,1-2H3. The highest BCUT2D eigenvalue weighted by Crippen LogP contribution is 2.22. The molecular weight excluding hydrogens is 264 g/mol. The second-order valence-electron chi connectivity index (χ2n) is 4.77. The molecule has 1 nitrogen and oxygen atoms in total. The van der Waals surface area contributed by atoms with Crippen LogP contribution in [0.1, 0.15) is 39.5 Å². The van der Waals surface area contributed by atoms with E-state index < -0.39 is 0 Å². The van der Waals surface area contributed by atoms with Crippen molar-refractivity contribution in [3.63, 3.8) is 0 Å². The first-order valence-corrected chi connectivity index (χ1v) is 7.93. The van der Waals surface area contributed by atoms with Crippen molar-refractivity contribution >= 4 is 11.8 Å². The van der Waals surface area contributed by atoms with Gasteiger partial charge in [-0.05, 0) is 31.5 Å². The fourth-order valence-electron chi connectivity index (χ4n) is 1.86. The monoisotopic (exact) mass is 287 g/mol. The first kappa shape index (κ1) is 16.4. The van der Waals surface area contributed by atoms with Crippen LogP contribution in [0.4, 0.5) is 8.78 Å². The number of halogens is 2. The van der Waals surface area contributed by atoms with Gasteiger partial charge in [0, 0.05) is 23.2 Å². The maximum absolute atomic E-state index is 13.4. The van der Waals surface area contributed by atoms with Crippen molar-refractivity contribution in [3.8, 4) is 0 Å². The summed E-state index contributed by atoms with van der Waals surface area (Å²) in [5.41, 5.74) is 0. The van der Waals surface area contributed by atoms with Crippen LogP contribution in [0, 0.1) is 11.6 Å². The summed E-state index contributed by atoms with van der Waals surface area (Å²) in [6.07, 6.45) is 4.93.